The quantitative estimate of drug-likeness (QED) is 0.214. The minimum absolute atomic E-state index is 0.200. The molecule has 0 aliphatic rings. The largest absolute Gasteiger partial charge is 0.489 e. The third-order valence-corrected chi connectivity index (χ3v) is 5.55. The van der Waals surface area contributed by atoms with Gasteiger partial charge >= 0.3 is 0 Å². The van der Waals surface area contributed by atoms with Crippen LogP contribution < -0.4 is 4.74 Å². The molecule has 0 N–H and O–H groups in total. The van der Waals surface area contributed by atoms with E-state index in [4.69, 9.17) is 10.00 Å². The van der Waals surface area contributed by atoms with Gasteiger partial charge < -0.3 is 4.74 Å². The van der Waals surface area contributed by atoms with Gasteiger partial charge in [0.25, 0.3) is 0 Å². The Morgan fingerprint density at radius 2 is 1.62 bits per heavy atom. The van der Waals surface area contributed by atoms with E-state index in [1.165, 1.54) is 12.1 Å². The van der Waals surface area contributed by atoms with Gasteiger partial charge in [-0.15, -0.1) is 0 Å². The maximum Gasteiger partial charge on any atom is 0.144 e. The molecule has 6 heteroatoms. The van der Waals surface area contributed by atoms with E-state index in [1.54, 1.807) is 48.5 Å². The highest BCUT2D eigenvalue weighted by Crippen LogP contribution is 2.31. The first-order chi connectivity index (χ1) is 16.4. The van der Waals surface area contributed by atoms with Gasteiger partial charge in [0.2, 0.25) is 0 Å². The fourth-order valence-electron chi connectivity index (χ4n) is 3.83. The highest BCUT2D eigenvalue weighted by atomic mass is 19.1. The molecule has 0 radical (unpaired) electrons. The molecule has 4 aromatic rings. The van der Waals surface area contributed by atoms with Gasteiger partial charge in [-0.05, 0) is 65.3 Å². The van der Waals surface area contributed by atoms with Gasteiger partial charge in [-0.3, -0.25) is 0 Å². The third kappa shape index (κ3) is 4.65. The molecule has 0 aliphatic carbocycles. The van der Waals surface area contributed by atoms with Crippen LogP contribution in [0, 0.1) is 34.6 Å². The number of aryl methyl sites for hydroxylation is 2. The van der Waals surface area contributed by atoms with Crippen LogP contribution in [0.25, 0.3) is 21.9 Å². The molecule has 0 saturated carbocycles. The molecule has 0 fully saturated rings. The fraction of sp³-hybridized carbons (Fsp3) is 0.107. The first-order valence-corrected chi connectivity index (χ1v) is 10.5. The van der Waals surface area contributed by atoms with Crippen LogP contribution in [-0.2, 0) is 12.8 Å². The molecule has 34 heavy (non-hydrogen) atoms. The number of hydrogen-bond acceptors (Lipinski definition) is 2. The van der Waals surface area contributed by atoms with Crippen LogP contribution in [-0.4, -0.2) is 6.61 Å². The van der Waals surface area contributed by atoms with Gasteiger partial charge in [0.1, 0.15) is 47.3 Å². The topological polar surface area (TPSA) is 33.0 Å². The highest BCUT2D eigenvalue weighted by molar-refractivity contribution is 5.88. The molecule has 0 atom stereocenters. The summed E-state index contributed by atoms with van der Waals surface area (Å²) < 4.78 is 62.8. The lowest BCUT2D eigenvalue weighted by atomic mass is 9.96. The van der Waals surface area contributed by atoms with Crippen molar-refractivity contribution >= 4 is 10.8 Å². The van der Waals surface area contributed by atoms with Crippen molar-refractivity contribution in [1.82, 2.24) is 0 Å². The van der Waals surface area contributed by atoms with Gasteiger partial charge in [-0.25, -0.2) is 17.6 Å². The Bertz CT molecular complexity index is 1420. The van der Waals surface area contributed by atoms with E-state index in [0.717, 1.165) is 12.1 Å². The molecule has 0 amide bonds. The van der Waals surface area contributed by atoms with Crippen LogP contribution in [0.2, 0.25) is 0 Å². The number of fused-ring (bicyclic) bond motifs is 1. The fourth-order valence-corrected chi connectivity index (χ4v) is 3.83. The number of benzene rings is 4. The van der Waals surface area contributed by atoms with Crippen LogP contribution >= 0.6 is 0 Å². The summed E-state index contributed by atoms with van der Waals surface area (Å²) in [6.07, 6.45) is 1.99. The molecule has 170 valence electrons. The molecule has 4 rings (SSSR count). The van der Waals surface area contributed by atoms with Crippen molar-refractivity contribution in [2.75, 3.05) is 6.61 Å². The minimum Gasteiger partial charge on any atom is -0.489 e. The molecular weight excluding hydrogens is 442 g/mol. The van der Waals surface area contributed by atoms with Crippen molar-refractivity contribution in [2.45, 2.75) is 12.8 Å². The molecular formula is C28H19F4NO. The summed E-state index contributed by atoms with van der Waals surface area (Å²) in [5.74, 6) is -2.38. The Hall–Kier alpha value is -4.11. The summed E-state index contributed by atoms with van der Waals surface area (Å²) in [5, 5.41) is 9.74. The van der Waals surface area contributed by atoms with Gasteiger partial charge in [0.15, 0.2) is 0 Å². The van der Waals surface area contributed by atoms with Crippen molar-refractivity contribution in [3.8, 4) is 22.9 Å². The van der Waals surface area contributed by atoms with E-state index in [1.807, 2.05) is 0 Å². The smallest absolute Gasteiger partial charge is 0.144 e. The van der Waals surface area contributed by atoms with Crippen molar-refractivity contribution in [2.24, 2.45) is 0 Å². The second-order valence-electron chi connectivity index (χ2n) is 7.76. The zero-order valence-corrected chi connectivity index (χ0v) is 18.0. The molecule has 0 saturated heterocycles. The number of nitriles is 1. The molecule has 4 aromatic carbocycles. The van der Waals surface area contributed by atoms with Gasteiger partial charge in [-0.2, -0.15) is 5.26 Å². The molecule has 0 spiro atoms. The Morgan fingerprint density at radius 1 is 0.853 bits per heavy atom. The number of halogens is 4. The number of ether oxygens (including phenoxy) is 1. The van der Waals surface area contributed by atoms with Crippen molar-refractivity contribution < 1.29 is 22.3 Å². The average molecular weight is 461 g/mol. The molecule has 0 bridgehead atoms. The zero-order valence-electron chi connectivity index (χ0n) is 18.0. The van der Waals surface area contributed by atoms with Crippen LogP contribution in [0.15, 0.2) is 73.3 Å². The maximum atomic E-state index is 15.1. The Kier molecular flexibility index (Phi) is 6.65. The molecule has 2 nitrogen and oxygen atoms in total. The van der Waals surface area contributed by atoms with E-state index in [-0.39, 0.29) is 19.4 Å². The Labute approximate surface area is 194 Å². The number of rotatable bonds is 7. The highest BCUT2D eigenvalue weighted by Gasteiger charge is 2.14. The average Bonchev–Trinajstić information content (AvgIpc) is 2.82. The summed E-state index contributed by atoms with van der Waals surface area (Å²) in [5.41, 5.74) is 1.05. The van der Waals surface area contributed by atoms with Crippen molar-refractivity contribution in [3.63, 3.8) is 0 Å². The second kappa shape index (κ2) is 9.80. The normalized spacial score (nSPS) is 10.8. The standard InChI is InChI=1S/C28H19F4NO/c1-2-11-34-21-8-10-22(27(31)15-21)19-7-9-23-20(14-19)6-5-18(28(23)32)4-3-17-12-25(29)24(16-33)26(30)13-17/h2,5-10,12-15H,1,3-4,11H2. The first kappa shape index (κ1) is 23.1. The van der Waals surface area contributed by atoms with Crippen LogP contribution in [0.3, 0.4) is 0 Å². The summed E-state index contributed by atoms with van der Waals surface area (Å²) in [6.45, 7) is 3.82. The summed E-state index contributed by atoms with van der Waals surface area (Å²) in [7, 11) is 0. The predicted octanol–water partition coefficient (Wildman–Crippen LogP) is 7.28. The van der Waals surface area contributed by atoms with Crippen LogP contribution in [0.4, 0.5) is 17.6 Å². The van der Waals surface area contributed by atoms with Gasteiger partial charge in [0.05, 0.1) is 0 Å². The van der Waals surface area contributed by atoms with E-state index in [2.05, 4.69) is 6.58 Å². The van der Waals surface area contributed by atoms with Crippen molar-refractivity contribution in [1.29, 1.82) is 5.26 Å². The van der Waals surface area contributed by atoms with Crippen LogP contribution in [0.1, 0.15) is 16.7 Å². The van der Waals surface area contributed by atoms with E-state index < -0.39 is 28.8 Å². The summed E-state index contributed by atoms with van der Waals surface area (Å²) >= 11 is 0. The van der Waals surface area contributed by atoms with E-state index >= 15 is 4.39 Å². The lowest BCUT2D eigenvalue weighted by molar-refractivity contribution is 0.361. The van der Waals surface area contributed by atoms with Crippen molar-refractivity contribution in [3.05, 3.63) is 113 Å². The monoisotopic (exact) mass is 461 g/mol. The Morgan fingerprint density at radius 3 is 2.29 bits per heavy atom. The molecule has 0 unspecified atom stereocenters. The summed E-state index contributed by atoms with van der Waals surface area (Å²) in [6, 6.07) is 16.5. The third-order valence-electron chi connectivity index (χ3n) is 5.55. The SMILES string of the molecule is C=CCOc1ccc(-c2ccc3c(F)c(CCc4cc(F)c(C#N)c(F)c4)ccc3c2)c(F)c1. The van der Waals surface area contributed by atoms with E-state index in [0.29, 0.717) is 38.8 Å². The first-order valence-electron chi connectivity index (χ1n) is 10.5. The molecule has 0 aromatic heterocycles. The molecule has 0 aliphatic heterocycles. The van der Waals surface area contributed by atoms with Crippen LogP contribution in [0.5, 0.6) is 5.75 Å². The lowest BCUT2D eigenvalue weighted by Crippen LogP contribution is -1.99. The van der Waals surface area contributed by atoms with E-state index in [9.17, 15) is 13.2 Å². The number of nitrogens with zero attached hydrogens (tertiary/aromatic N) is 1. The molecule has 0 heterocycles. The number of hydrogen-bond donors (Lipinski definition) is 0. The Balaban J connectivity index is 1.58. The zero-order chi connectivity index (χ0) is 24.2. The van der Waals surface area contributed by atoms with Gasteiger partial charge in [-0.1, -0.05) is 36.9 Å². The minimum atomic E-state index is -0.934. The van der Waals surface area contributed by atoms with Gasteiger partial charge in [0, 0.05) is 17.0 Å². The summed E-state index contributed by atoms with van der Waals surface area (Å²) in [4.78, 5) is 0. The second-order valence-corrected chi connectivity index (χ2v) is 7.76. The lowest BCUT2D eigenvalue weighted by Gasteiger charge is -2.11. The predicted molar refractivity (Wildman–Crippen MR) is 123 cm³/mol. The maximum absolute atomic E-state index is 15.1.